The van der Waals surface area contributed by atoms with Gasteiger partial charge in [0.2, 0.25) is 5.91 Å². The van der Waals surface area contributed by atoms with Crippen molar-refractivity contribution < 1.29 is 23.9 Å². The van der Waals surface area contributed by atoms with Crippen molar-refractivity contribution in [3.63, 3.8) is 0 Å². The van der Waals surface area contributed by atoms with Crippen molar-refractivity contribution in [2.75, 3.05) is 18.5 Å². The van der Waals surface area contributed by atoms with Crippen LogP contribution in [0.2, 0.25) is 0 Å². The third kappa shape index (κ3) is 5.11. The number of ether oxygens (including phenoxy) is 2. The molecule has 0 aromatic carbocycles. The number of nitrogens with zero attached hydrogens (tertiary/aromatic N) is 4. The molecule has 0 radical (unpaired) electrons. The van der Waals surface area contributed by atoms with Gasteiger partial charge in [0.15, 0.2) is 0 Å². The second kappa shape index (κ2) is 9.98. The van der Waals surface area contributed by atoms with Crippen LogP contribution in [-0.4, -0.2) is 50.6 Å². The first-order chi connectivity index (χ1) is 16.4. The molecule has 0 atom stereocenters. The van der Waals surface area contributed by atoms with E-state index >= 15 is 0 Å². The Balaban J connectivity index is 1.98. The number of hydrogen-bond acceptors (Lipinski definition) is 9. The van der Waals surface area contributed by atoms with Crippen molar-refractivity contribution >= 4 is 45.1 Å². The summed E-state index contributed by atoms with van der Waals surface area (Å²) in [5.74, 6) is -1.87. The lowest BCUT2D eigenvalue weighted by Gasteiger charge is -2.20. The standard InChI is InChI=1S/C23H29N5O6S/c1-8-33-21(31)16-12(3)18(22(32)34-9-2)35-19(16)25-15(29)11-27-20(30)17-14(13(4)26-27)10-24-28(17)23(5,6)7/h10H,8-9,11H2,1-7H3,(H,25,29). The van der Waals surface area contributed by atoms with Crippen LogP contribution in [0.25, 0.3) is 10.9 Å². The Kier molecular flexibility index (Phi) is 7.44. The van der Waals surface area contributed by atoms with E-state index in [1.165, 1.54) is 0 Å². The van der Waals surface area contributed by atoms with Gasteiger partial charge in [0.25, 0.3) is 5.56 Å². The topological polar surface area (TPSA) is 134 Å². The molecule has 3 heterocycles. The average molecular weight is 504 g/mol. The number of carbonyl (C=O) groups is 3. The molecule has 3 aromatic heterocycles. The molecular formula is C23H29N5O6S. The normalized spacial score (nSPS) is 11.5. The maximum absolute atomic E-state index is 13.2. The highest BCUT2D eigenvalue weighted by Crippen LogP contribution is 2.34. The zero-order chi connectivity index (χ0) is 26.1. The fourth-order valence-electron chi connectivity index (χ4n) is 3.58. The fraction of sp³-hybridized carbons (Fsp3) is 0.478. The summed E-state index contributed by atoms with van der Waals surface area (Å²) in [5, 5.41) is 12.0. The highest BCUT2D eigenvalue weighted by Gasteiger charge is 2.28. The van der Waals surface area contributed by atoms with Crippen LogP contribution >= 0.6 is 11.3 Å². The Hall–Kier alpha value is -3.54. The summed E-state index contributed by atoms with van der Waals surface area (Å²) in [6.45, 7) is 12.3. The van der Waals surface area contributed by atoms with Crippen LogP contribution in [0.3, 0.4) is 0 Å². The van der Waals surface area contributed by atoms with Gasteiger partial charge < -0.3 is 14.8 Å². The second-order valence-electron chi connectivity index (χ2n) is 8.79. The Labute approximate surface area is 206 Å². The van der Waals surface area contributed by atoms with E-state index in [1.807, 2.05) is 20.8 Å². The Bertz CT molecular complexity index is 1360. The maximum Gasteiger partial charge on any atom is 0.348 e. The molecular weight excluding hydrogens is 474 g/mol. The Morgan fingerprint density at radius 3 is 2.31 bits per heavy atom. The number of amides is 1. The number of aromatic nitrogens is 4. The number of aryl methyl sites for hydroxylation is 1. The predicted molar refractivity (Wildman–Crippen MR) is 131 cm³/mol. The third-order valence-electron chi connectivity index (χ3n) is 5.14. The molecule has 0 saturated heterocycles. The van der Waals surface area contributed by atoms with Crippen LogP contribution < -0.4 is 10.9 Å². The first-order valence-electron chi connectivity index (χ1n) is 11.1. The number of rotatable bonds is 7. The van der Waals surface area contributed by atoms with E-state index in [4.69, 9.17) is 9.47 Å². The number of nitrogens with one attached hydrogen (secondary N) is 1. The van der Waals surface area contributed by atoms with Gasteiger partial charge in [0, 0.05) is 5.39 Å². The lowest BCUT2D eigenvalue weighted by molar-refractivity contribution is -0.117. The van der Waals surface area contributed by atoms with Gasteiger partial charge in [-0.1, -0.05) is 0 Å². The van der Waals surface area contributed by atoms with Crippen LogP contribution in [-0.2, 0) is 26.4 Å². The minimum atomic E-state index is -0.672. The van der Waals surface area contributed by atoms with Gasteiger partial charge in [-0.25, -0.2) is 14.3 Å². The number of hydrogen-bond donors (Lipinski definition) is 1. The largest absolute Gasteiger partial charge is 0.462 e. The molecule has 0 aliphatic heterocycles. The molecule has 3 rings (SSSR count). The summed E-state index contributed by atoms with van der Waals surface area (Å²) in [7, 11) is 0. The van der Waals surface area contributed by atoms with E-state index in [-0.39, 0.29) is 28.7 Å². The monoisotopic (exact) mass is 503 g/mol. The zero-order valence-electron chi connectivity index (χ0n) is 20.8. The first-order valence-corrected chi connectivity index (χ1v) is 12.0. The molecule has 0 fully saturated rings. The minimum absolute atomic E-state index is 0.0750. The molecule has 1 amide bonds. The lowest BCUT2D eigenvalue weighted by atomic mass is 10.1. The molecule has 11 nitrogen and oxygen atoms in total. The van der Waals surface area contributed by atoms with Gasteiger partial charge in [-0.05, 0) is 54.0 Å². The van der Waals surface area contributed by atoms with Crippen molar-refractivity contribution in [3.8, 4) is 0 Å². The number of esters is 2. The second-order valence-corrected chi connectivity index (χ2v) is 9.81. The molecule has 0 unspecified atom stereocenters. The lowest BCUT2D eigenvalue weighted by Crippen LogP contribution is -2.33. The summed E-state index contributed by atoms with van der Waals surface area (Å²) in [6.07, 6.45) is 1.59. The van der Waals surface area contributed by atoms with Crippen LogP contribution in [0.1, 0.15) is 65.9 Å². The highest BCUT2D eigenvalue weighted by molar-refractivity contribution is 7.18. The summed E-state index contributed by atoms with van der Waals surface area (Å²) in [6, 6.07) is 0. The van der Waals surface area contributed by atoms with Crippen molar-refractivity contribution in [2.45, 2.75) is 60.5 Å². The SMILES string of the molecule is CCOC(=O)c1sc(NC(=O)Cn2nc(C)c3cnn(C(C)(C)C)c3c2=O)c(C(=O)OCC)c1C. The van der Waals surface area contributed by atoms with E-state index in [1.54, 1.807) is 38.6 Å². The molecule has 12 heteroatoms. The smallest absolute Gasteiger partial charge is 0.348 e. The third-order valence-corrected chi connectivity index (χ3v) is 6.32. The Morgan fingerprint density at radius 2 is 1.71 bits per heavy atom. The molecule has 0 saturated carbocycles. The molecule has 1 N–H and O–H groups in total. The molecule has 0 aliphatic rings. The van der Waals surface area contributed by atoms with Gasteiger partial charge in [0.05, 0.1) is 36.2 Å². The van der Waals surface area contributed by atoms with Crippen molar-refractivity contribution in [1.82, 2.24) is 19.6 Å². The van der Waals surface area contributed by atoms with Crippen LogP contribution in [0.4, 0.5) is 5.00 Å². The molecule has 0 bridgehead atoms. The van der Waals surface area contributed by atoms with Crippen LogP contribution in [0, 0.1) is 13.8 Å². The zero-order valence-corrected chi connectivity index (χ0v) is 21.7. The van der Waals surface area contributed by atoms with Gasteiger partial charge in [-0.2, -0.15) is 10.2 Å². The van der Waals surface area contributed by atoms with E-state index in [2.05, 4.69) is 15.5 Å². The number of carbonyl (C=O) groups excluding carboxylic acids is 3. The number of thiophene rings is 1. The van der Waals surface area contributed by atoms with Gasteiger partial charge in [-0.15, -0.1) is 11.3 Å². The van der Waals surface area contributed by atoms with Crippen molar-refractivity contribution in [2.24, 2.45) is 0 Å². The average Bonchev–Trinajstić information content (AvgIpc) is 3.34. The van der Waals surface area contributed by atoms with Crippen molar-refractivity contribution in [1.29, 1.82) is 0 Å². The summed E-state index contributed by atoms with van der Waals surface area (Å²) in [5.41, 5.74) is 0.401. The van der Waals surface area contributed by atoms with Crippen LogP contribution in [0.5, 0.6) is 0 Å². The predicted octanol–water partition coefficient (Wildman–Crippen LogP) is 3.02. The number of fused-ring (bicyclic) bond motifs is 1. The number of anilines is 1. The van der Waals surface area contributed by atoms with E-state index in [0.29, 0.717) is 22.2 Å². The van der Waals surface area contributed by atoms with Gasteiger partial charge in [0.1, 0.15) is 21.9 Å². The molecule has 188 valence electrons. The molecule has 35 heavy (non-hydrogen) atoms. The molecule has 0 spiro atoms. The Morgan fingerprint density at radius 1 is 1.09 bits per heavy atom. The highest BCUT2D eigenvalue weighted by atomic mass is 32.1. The summed E-state index contributed by atoms with van der Waals surface area (Å²) < 4.78 is 12.8. The molecule has 3 aromatic rings. The first kappa shape index (κ1) is 26.1. The van der Waals surface area contributed by atoms with E-state index < -0.39 is 35.5 Å². The van der Waals surface area contributed by atoms with E-state index in [0.717, 1.165) is 16.0 Å². The maximum atomic E-state index is 13.2. The van der Waals surface area contributed by atoms with E-state index in [9.17, 15) is 19.2 Å². The summed E-state index contributed by atoms with van der Waals surface area (Å²) >= 11 is 0.915. The van der Waals surface area contributed by atoms with Crippen LogP contribution in [0.15, 0.2) is 11.0 Å². The van der Waals surface area contributed by atoms with Crippen molar-refractivity contribution in [3.05, 3.63) is 38.2 Å². The fourth-order valence-corrected chi connectivity index (χ4v) is 4.69. The quantitative estimate of drug-likeness (QED) is 0.486. The van der Waals surface area contributed by atoms with Gasteiger partial charge >= 0.3 is 11.9 Å². The molecule has 0 aliphatic carbocycles. The minimum Gasteiger partial charge on any atom is -0.462 e. The van der Waals surface area contributed by atoms with Gasteiger partial charge in [-0.3, -0.25) is 14.3 Å². The summed E-state index contributed by atoms with van der Waals surface area (Å²) in [4.78, 5) is 51.3.